The molecule has 0 spiro atoms. The summed E-state index contributed by atoms with van der Waals surface area (Å²) < 4.78 is 0. The van der Waals surface area contributed by atoms with Gasteiger partial charge in [0.15, 0.2) is 0 Å². The Labute approximate surface area is 96.6 Å². The second-order valence-corrected chi connectivity index (χ2v) is 5.40. The van der Waals surface area contributed by atoms with Crippen LogP contribution in [0.5, 0.6) is 0 Å². The molecule has 1 aliphatic rings. The zero-order valence-corrected chi connectivity index (χ0v) is 10.5. The molecule has 1 rings (SSSR count). The van der Waals surface area contributed by atoms with Crippen LogP contribution in [0.3, 0.4) is 0 Å². The molecular formula is C11H21N3O2. The topological polar surface area (TPSA) is 61.4 Å². The molecule has 1 unspecified atom stereocenters. The van der Waals surface area contributed by atoms with Crippen molar-refractivity contribution in [3.63, 3.8) is 0 Å². The lowest BCUT2D eigenvalue weighted by Gasteiger charge is -2.25. The highest BCUT2D eigenvalue weighted by Gasteiger charge is 2.29. The number of nitrogens with zero attached hydrogens (tertiary/aromatic N) is 1. The van der Waals surface area contributed by atoms with E-state index in [1.165, 1.54) is 4.90 Å². The molecule has 0 bridgehead atoms. The van der Waals surface area contributed by atoms with E-state index in [0.717, 1.165) is 6.54 Å². The van der Waals surface area contributed by atoms with Crippen LogP contribution in [0.4, 0.5) is 4.79 Å². The zero-order valence-electron chi connectivity index (χ0n) is 10.5. The normalized spacial score (nSPS) is 18.9. The third-order valence-corrected chi connectivity index (χ3v) is 2.41. The summed E-state index contributed by atoms with van der Waals surface area (Å²) in [6.45, 7) is 9.71. The average Bonchev–Trinajstić information content (AvgIpc) is 2.45. The number of nitrogens with one attached hydrogen (secondary N) is 2. The van der Waals surface area contributed by atoms with E-state index < -0.39 is 0 Å². The van der Waals surface area contributed by atoms with Crippen LogP contribution in [0, 0.1) is 5.92 Å². The minimum Gasteiger partial charge on any atom is -0.329 e. The molecule has 16 heavy (non-hydrogen) atoms. The van der Waals surface area contributed by atoms with Gasteiger partial charge in [0.2, 0.25) is 5.91 Å². The Hall–Kier alpha value is -1.10. The Morgan fingerprint density at radius 2 is 2.06 bits per heavy atom. The Morgan fingerprint density at radius 1 is 1.44 bits per heavy atom. The van der Waals surface area contributed by atoms with Crippen molar-refractivity contribution in [2.24, 2.45) is 5.92 Å². The van der Waals surface area contributed by atoms with Gasteiger partial charge in [0.25, 0.3) is 0 Å². The maximum absolute atomic E-state index is 11.3. The standard InChI is InChI=1S/C11H21N3O2/c1-8(5-13-11(2,3)4)7-14-9(15)6-12-10(14)16/h8,13H,5-7H2,1-4H3,(H,12,16). The molecule has 0 aromatic heterocycles. The maximum Gasteiger partial charge on any atom is 0.324 e. The molecular weight excluding hydrogens is 206 g/mol. The van der Waals surface area contributed by atoms with E-state index in [1.54, 1.807) is 0 Å². The first-order chi connectivity index (χ1) is 7.29. The van der Waals surface area contributed by atoms with Crippen LogP contribution in [0.15, 0.2) is 0 Å². The molecule has 5 heteroatoms. The SMILES string of the molecule is CC(CNC(C)(C)C)CN1C(=O)CNC1=O. The summed E-state index contributed by atoms with van der Waals surface area (Å²) in [7, 11) is 0. The van der Waals surface area contributed by atoms with E-state index in [1.807, 2.05) is 6.92 Å². The summed E-state index contributed by atoms with van der Waals surface area (Å²) >= 11 is 0. The van der Waals surface area contributed by atoms with Crippen molar-refractivity contribution in [2.75, 3.05) is 19.6 Å². The summed E-state index contributed by atoms with van der Waals surface area (Å²) in [4.78, 5) is 23.9. The van der Waals surface area contributed by atoms with Gasteiger partial charge in [0.1, 0.15) is 0 Å². The Morgan fingerprint density at radius 3 is 2.50 bits per heavy atom. The third kappa shape index (κ3) is 3.81. The van der Waals surface area contributed by atoms with E-state index in [9.17, 15) is 9.59 Å². The van der Waals surface area contributed by atoms with Gasteiger partial charge >= 0.3 is 6.03 Å². The molecule has 0 aromatic rings. The van der Waals surface area contributed by atoms with E-state index >= 15 is 0 Å². The second-order valence-electron chi connectivity index (χ2n) is 5.40. The smallest absolute Gasteiger partial charge is 0.324 e. The van der Waals surface area contributed by atoms with Gasteiger partial charge in [0, 0.05) is 12.1 Å². The van der Waals surface area contributed by atoms with Gasteiger partial charge in [-0.05, 0) is 33.2 Å². The molecule has 0 aromatic carbocycles. The van der Waals surface area contributed by atoms with Crippen LogP contribution in [0.25, 0.3) is 0 Å². The maximum atomic E-state index is 11.3. The zero-order chi connectivity index (χ0) is 12.3. The molecule has 1 heterocycles. The van der Waals surface area contributed by atoms with Crippen LogP contribution in [0.2, 0.25) is 0 Å². The number of hydrogen-bond donors (Lipinski definition) is 2. The lowest BCUT2D eigenvalue weighted by Crippen LogP contribution is -2.42. The van der Waals surface area contributed by atoms with Crippen molar-refractivity contribution in [2.45, 2.75) is 33.2 Å². The van der Waals surface area contributed by atoms with E-state index in [0.29, 0.717) is 6.54 Å². The largest absolute Gasteiger partial charge is 0.329 e. The number of carbonyl (C=O) groups excluding carboxylic acids is 2. The van der Waals surface area contributed by atoms with Gasteiger partial charge < -0.3 is 10.6 Å². The minimum atomic E-state index is -0.271. The third-order valence-electron chi connectivity index (χ3n) is 2.41. The van der Waals surface area contributed by atoms with Gasteiger partial charge in [-0.3, -0.25) is 9.69 Å². The number of urea groups is 1. The van der Waals surface area contributed by atoms with E-state index in [2.05, 4.69) is 31.4 Å². The van der Waals surface area contributed by atoms with Crippen LogP contribution in [-0.4, -0.2) is 42.0 Å². The lowest BCUT2D eigenvalue weighted by molar-refractivity contribution is -0.125. The Kier molecular flexibility index (Phi) is 3.91. The van der Waals surface area contributed by atoms with Crippen molar-refractivity contribution in [3.8, 4) is 0 Å². The van der Waals surface area contributed by atoms with Crippen molar-refractivity contribution >= 4 is 11.9 Å². The predicted octanol–water partition coefficient (Wildman–Crippen LogP) is 0.562. The Balaban J connectivity index is 2.36. The van der Waals surface area contributed by atoms with Crippen LogP contribution >= 0.6 is 0 Å². The molecule has 1 saturated heterocycles. The first-order valence-electron chi connectivity index (χ1n) is 5.63. The highest BCUT2D eigenvalue weighted by molar-refractivity contribution is 6.01. The number of hydrogen-bond acceptors (Lipinski definition) is 3. The Bertz CT molecular complexity index is 267. The van der Waals surface area contributed by atoms with E-state index in [4.69, 9.17) is 0 Å². The van der Waals surface area contributed by atoms with Crippen LogP contribution in [-0.2, 0) is 4.79 Å². The number of rotatable bonds is 4. The van der Waals surface area contributed by atoms with Crippen LogP contribution < -0.4 is 10.6 Å². The molecule has 0 aliphatic carbocycles. The van der Waals surface area contributed by atoms with Gasteiger partial charge in [-0.25, -0.2) is 4.79 Å². The monoisotopic (exact) mass is 227 g/mol. The molecule has 1 atom stereocenters. The molecule has 3 amide bonds. The number of amides is 3. The highest BCUT2D eigenvalue weighted by Crippen LogP contribution is 2.06. The molecule has 92 valence electrons. The fourth-order valence-electron chi connectivity index (χ4n) is 1.50. The minimum absolute atomic E-state index is 0.0610. The molecule has 1 aliphatic heterocycles. The summed E-state index contributed by atoms with van der Waals surface area (Å²) in [5.41, 5.74) is 0.0610. The molecule has 2 N–H and O–H groups in total. The van der Waals surface area contributed by atoms with Gasteiger partial charge in [-0.2, -0.15) is 0 Å². The average molecular weight is 227 g/mol. The second kappa shape index (κ2) is 4.82. The number of imide groups is 1. The fourth-order valence-corrected chi connectivity index (χ4v) is 1.50. The summed E-state index contributed by atoms with van der Waals surface area (Å²) in [5.74, 6) is 0.125. The molecule has 0 saturated carbocycles. The number of carbonyl (C=O) groups is 2. The lowest BCUT2D eigenvalue weighted by atomic mass is 10.1. The summed E-state index contributed by atoms with van der Waals surface area (Å²) in [5, 5.41) is 5.87. The van der Waals surface area contributed by atoms with E-state index in [-0.39, 0.29) is 29.9 Å². The van der Waals surface area contributed by atoms with Gasteiger partial charge in [-0.1, -0.05) is 6.92 Å². The predicted molar refractivity (Wildman–Crippen MR) is 62.0 cm³/mol. The van der Waals surface area contributed by atoms with Gasteiger partial charge in [0.05, 0.1) is 6.54 Å². The highest BCUT2D eigenvalue weighted by atomic mass is 16.2. The van der Waals surface area contributed by atoms with Gasteiger partial charge in [-0.15, -0.1) is 0 Å². The van der Waals surface area contributed by atoms with Crippen molar-refractivity contribution in [1.82, 2.24) is 15.5 Å². The quantitative estimate of drug-likeness (QED) is 0.690. The molecule has 5 nitrogen and oxygen atoms in total. The first kappa shape index (κ1) is 13.0. The van der Waals surface area contributed by atoms with Crippen molar-refractivity contribution in [3.05, 3.63) is 0 Å². The summed E-state index contributed by atoms with van der Waals surface area (Å²) in [6.07, 6.45) is 0. The summed E-state index contributed by atoms with van der Waals surface area (Å²) in [6, 6.07) is -0.271. The first-order valence-corrected chi connectivity index (χ1v) is 5.63. The van der Waals surface area contributed by atoms with Crippen molar-refractivity contribution < 1.29 is 9.59 Å². The fraction of sp³-hybridized carbons (Fsp3) is 0.818. The van der Waals surface area contributed by atoms with Crippen molar-refractivity contribution in [1.29, 1.82) is 0 Å². The molecule has 0 radical (unpaired) electrons. The molecule has 1 fully saturated rings. The van der Waals surface area contributed by atoms with Crippen LogP contribution in [0.1, 0.15) is 27.7 Å².